The number of hydrogen-bond donors (Lipinski definition) is 1. The molecule has 4 heterocycles. The number of fused-ring (bicyclic) bond motifs is 3. The van der Waals surface area contributed by atoms with Gasteiger partial charge in [0.15, 0.2) is 0 Å². The molecular formula is C34H37FN4O4. The van der Waals surface area contributed by atoms with Crippen LogP contribution in [0.15, 0.2) is 48.0 Å². The Labute approximate surface area is 250 Å². The Bertz CT molecular complexity index is 1550. The van der Waals surface area contributed by atoms with Crippen molar-refractivity contribution in [2.24, 2.45) is 5.41 Å². The van der Waals surface area contributed by atoms with Gasteiger partial charge < -0.3 is 4.90 Å². The number of nitrogens with zero attached hydrogens (tertiary/aromatic N) is 3. The van der Waals surface area contributed by atoms with E-state index in [1.165, 1.54) is 11.1 Å². The van der Waals surface area contributed by atoms with Crippen LogP contribution in [0.4, 0.5) is 10.1 Å². The third kappa shape index (κ3) is 4.97. The minimum Gasteiger partial charge on any atom is -0.368 e. The number of piperazine rings is 1. The highest BCUT2D eigenvalue weighted by molar-refractivity contribution is 6.23. The van der Waals surface area contributed by atoms with E-state index >= 15 is 0 Å². The van der Waals surface area contributed by atoms with Gasteiger partial charge in [0.05, 0.1) is 11.1 Å². The van der Waals surface area contributed by atoms with Gasteiger partial charge in [0, 0.05) is 43.8 Å². The van der Waals surface area contributed by atoms with Crippen molar-refractivity contribution in [2.75, 3.05) is 24.5 Å². The number of benzene rings is 2. The van der Waals surface area contributed by atoms with Gasteiger partial charge in [0.2, 0.25) is 11.8 Å². The van der Waals surface area contributed by atoms with Crippen molar-refractivity contribution < 1.29 is 23.6 Å². The van der Waals surface area contributed by atoms with Crippen molar-refractivity contribution in [3.63, 3.8) is 0 Å². The van der Waals surface area contributed by atoms with Gasteiger partial charge in [-0.25, -0.2) is 4.39 Å². The van der Waals surface area contributed by atoms with Crippen LogP contribution in [-0.4, -0.2) is 71.2 Å². The molecule has 3 unspecified atom stereocenters. The average Bonchev–Trinajstić information content (AvgIpc) is 3.35. The Morgan fingerprint density at radius 2 is 1.58 bits per heavy atom. The molecule has 2 aromatic rings. The number of halogens is 1. The molecule has 3 fully saturated rings. The summed E-state index contributed by atoms with van der Waals surface area (Å²) < 4.78 is 13.7. The van der Waals surface area contributed by atoms with Crippen molar-refractivity contribution >= 4 is 34.9 Å². The molecule has 3 atom stereocenters. The lowest BCUT2D eigenvalue weighted by Crippen LogP contribution is -2.54. The van der Waals surface area contributed by atoms with Crippen molar-refractivity contribution in [2.45, 2.75) is 76.9 Å². The van der Waals surface area contributed by atoms with Gasteiger partial charge in [-0.05, 0) is 85.4 Å². The van der Waals surface area contributed by atoms with E-state index in [1.54, 1.807) is 24.3 Å². The molecule has 43 heavy (non-hydrogen) atoms. The zero-order chi connectivity index (χ0) is 30.0. The third-order valence-corrected chi connectivity index (χ3v) is 10.2. The van der Waals surface area contributed by atoms with Crippen LogP contribution in [0.25, 0.3) is 5.57 Å². The maximum Gasteiger partial charge on any atom is 0.262 e. The Hall–Kier alpha value is -3.85. The fraction of sp³-hybridized carbons (Fsp3) is 0.471. The van der Waals surface area contributed by atoms with Gasteiger partial charge in [-0.15, -0.1) is 0 Å². The fourth-order valence-corrected chi connectivity index (χ4v) is 7.80. The predicted octanol–water partition coefficient (Wildman–Crippen LogP) is 4.54. The lowest BCUT2D eigenvalue weighted by molar-refractivity contribution is -0.136. The first-order valence-corrected chi connectivity index (χ1v) is 15.4. The van der Waals surface area contributed by atoms with Crippen molar-refractivity contribution in [3.05, 3.63) is 70.5 Å². The first-order valence-electron chi connectivity index (χ1n) is 15.4. The van der Waals surface area contributed by atoms with Crippen LogP contribution in [0.2, 0.25) is 0 Å². The molecule has 4 amide bonds. The molecule has 5 aliphatic rings. The summed E-state index contributed by atoms with van der Waals surface area (Å²) in [7, 11) is 0. The second kappa shape index (κ2) is 10.4. The maximum absolute atomic E-state index is 13.7. The van der Waals surface area contributed by atoms with Gasteiger partial charge in [0.1, 0.15) is 11.9 Å². The largest absolute Gasteiger partial charge is 0.368 e. The monoisotopic (exact) mass is 584 g/mol. The summed E-state index contributed by atoms with van der Waals surface area (Å²) >= 11 is 0. The van der Waals surface area contributed by atoms with E-state index in [1.807, 2.05) is 18.2 Å². The highest BCUT2D eigenvalue weighted by Gasteiger charge is 2.46. The van der Waals surface area contributed by atoms with Crippen LogP contribution in [0.3, 0.4) is 0 Å². The van der Waals surface area contributed by atoms with E-state index in [-0.39, 0.29) is 30.0 Å². The van der Waals surface area contributed by atoms with Crippen LogP contribution < -0.4 is 10.2 Å². The van der Waals surface area contributed by atoms with Crippen molar-refractivity contribution in [1.82, 2.24) is 15.1 Å². The summed E-state index contributed by atoms with van der Waals surface area (Å²) in [6.07, 6.45) is 5.63. The first-order chi connectivity index (χ1) is 20.6. The van der Waals surface area contributed by atoms with Crippen LogP contribution in [0.1, 0.15) is 85.1 Å². The van der Waals surface area contributed by atoms with Gasteiger partial charge in [-0.3, -0.25) is 34.3 Å². The molecule has 0 aromatic heterocycles. The number of allylic oxidation sites excluding steroid dienone is 1. The van der Waals surface area contributed by atoms with E-state index in [2.05, 4.69) is 29.0 Å². The predicted molar refractivity (Wildman–Crippen MR) is 160 cm³/mol. The molecule has 8 nitrogen and oxygen atoms in total. The standard InChI is InChI=1S/C34H37FN4O4/c1-34(2)14-13-21(28(16-34)20-3-5-22(35)6-4-20)17-38-24-7-8-25(38)19-37(18-24)23-9-10-26-27(15-23)33(43)39(32(26)42)29-11-12-30(40)36-31(29)41/h3-6,9-10,15,24-25,29H,7-8,11-14,16-19H2,1-2H3,(H,36,40,41). The Kier molecular flexibility index (Phi) is 6.76. The van der Waals surface area contributed by atoms with Crippen molar-refractivity contribution in [1.29, 1.82) is 0 Å². The second-order valence-corrected chi connectivity index (χ2v) is 13.6. The number of amides is 4. The van der Waals surface area contributed by atoms with Crippen LogP contribution in [0, 0.1) is 11.2 Å². The second-order valence-electron chi connectivity index (χ2n) is 13.6. The molecule has 4 aliphatic heterocycles. The molecule has 3 saturated heterocycles. The van der Waals surface area contributed by atoms with Crippen LogP contribution >= 0.6 is 0 Å². The first kappa shape index (κ1) is 28.0. The fourth-order valence-electron chi connectivity index (χ4n) is 7.80. The number of nitrogens with one attached hydrogen (secondary N) is 1. The molecule has 0 radical (unpaired) electrons. The lowest BCUT2D eigenvalue weighted by atomic mass is 9.72. The molecule has 0 saturated carbocycles. The zero-order valence-corrected chi connectivity index (χ0v) is 24.7. The SMILES string of the molecule is CC1(C)CCC(CN2C3CCC2CN(c2ccc4c(c2)C(=O)N(C2CCC(=O)NC2=O)C4=O)C3)=C(c2ccc(F)cc2)C1. The summed E-state index contributed by atoms with van der Waals surface area (Å²) in [6.45, 7) is 7.21. The van der Waals surface area contributed by atoms with Gasteiger partial charge in [0.25, 0.3) is 11.8 Å². The topological polar surface area (TPSA) is 90.0 Å². The Morgan fingerprint density at radius 3 is 2.28 bits per heavy atom. The number of anilines is 1. The molecule has 1 N–H and O–H groups in total. The van der Waals surface area contributed by atoms with Gasteiger partial charge in [-0.2, -0.15) is 0 Å². The molecule has 224 valence electrons. The number of imide groups is 2. The number of carbonyl (C=O) groups is 4. The molecule has 9 heteroatoms. The zero-order valence-electron chi connectivity index (χ0n) is 24.7. The van der Waals surface area contributed by atoms with Gasteiger partial charge >= 0.3 is 0 Å². The quantitative estimate of drug-likeness (QED) is 0.519. The van der Waals surface area contributed by atoms with E-state index < -0.39 is 23.8 Å². The lowest BCUT2D eigenvalue weighted by Gasteiger charge is -2.44. The highest BCUT2D eigenvalue weighted by atomic mass is 19.1. The molecule has 0 spiro atoms. The maximum atomic E-state index is 13.7. The summed E-state index contributed by atoms with van der Waals surface area (Å²) in [4.78, 5) is 56.6. The van der Waals surface area contributed by atoms with Crippen LogP contribution in [0.5, 0.6) is 0 Å². The average molecular weight is 585 g/mol. The number of hydrogen-bond acceptors (Lipinski definition) is 6. The van der Waals surface area contributed by atoms with Crippen LogP contribution in [-0.2, 0) is 9.59 Å². The molecule has 1 aliphatic carbocycles. The minimum absolute atomic E-state index is 0.0994. The normalized spacial score (nSPS) is 27.2. The molecule has 2 bridgehead atoms. The molecule has 7 rings (SSSR count). The van der Waals surface area contributed by atoms with Gasteiger partial charge in [-0.1, -0.05) is 31.6 Å². The number of carbonyl (C=O) groups excluding carboxylic acids is 4. The molecule has 2 aromatic carbocycles. The van der Waals surface area contributed by atoms with E-state index in [0.29, 0.717) is 23.2 Å². The van der Waals surface area contributed by atoms with E-state index in [0.717, 1.165) is 67.9 Å². The third-order valence-electron chi connectivity index (χ3n) is 10.2. The number of rotatable bonds is 5. The Balaban J connectivity index is 1.09. The summed E-state index contributed by atoms with van der Waals surface area (Å²) in [5.41, 5.74) is 5.70. The summed E-state index contributed by atoms with van der Waals surface area (Å²) in [6, 6.07) is 12.1. The minimum atomic E-state index is -0.965. The summed E-state index contributed by atoms with van der Waals surface area (Å²) in [5, 5.41) is 2.25. The van der Waals surface area contributed by atoms with E-state index in [4.69, 9.17) is 0 Å². The Morgan fingerprint density at radius 1 is 0.884 bits per heavy atom. The van der Waals surface area contributed by atoms with Crippen molar-refractivity contribution in [3.8, 4) is 0 Å². The van der Waals surface area contributed by atoms with E-state index in [9.17, 15) is 23.6 Å². The summed E-state index contributed by atoms with van der Waals surface area (Å²) in [5.74, 6) is -2.15. The molecular weight excluding hydrogens is 547 g/mol. The number of piperidine rings is 1. The smallest absolute Gasteiger partial charge is 0.262 e. The highest BCUT2D eigenvalue weighted by Crippen LogP contribution is 2.44.